The number of hydrogen-bond donors (Lipinski definition) is 2. The van der Waals surface area contributed by atoms with Crippen LogP contribution < -0.4 is 5.32 Å². The first kappa shape index (κ1) is 13.3. The van der Waals surface area contributed by atoms with Crippen molar-refractivity contribution >= 4 is 17.3 Å². The van der Waals surface area contributed by atoms with Crippen molar-refractivity contribution in [3.8, 4) is 0 Å². The van der Waals surface area contributed by atoms with E-state index in [1.165, 1.54) is 6.07 Å². The standard InChI is InChI=1S/C13H16N2O4/c1-8-6-10(4-5-12(8)15(18)19)14-11(13(16)17)7-9-2-3-9/h4-6,9,11,14H,2-3,7H2,1H3,(H,16,17). The van der Waals surface area contributed by atoms with Crippen molar-refractivity contribution in [2.75, 3.05) is 5.32 Å². The first-order valence-electron chi connectivity index (χ1n) is 6.21. The van der Waals surface area contributed by atoms with Crippen LogP contribution in [0.2, 0.25) is 0 Å². The summed E-state index contributed by atoms with van der Waals surface area (Å²) in [6, 6.07) is 3.93. The number of nitro benzene ring substituents is 1. The van der Waals surface area contributed by atoms with Crippen molar-refractivity contribution in [2.45, 2.75) is 32.2 Å². The summed E-state index contributed by atoms with van der Waals surface area (Å²) in [5, 5.41) is 22.8. The highest BCUT2D eigenvalue weighted by atomic mass is 16.6. The van der Waals surface area contributed by atoms with Crippen molar-refractivity contribution in [3.05, 3.63) is 33.9 Å². The number of nitrogens with one attached hydrogen (secondary N) is 1. The Morgan fingerprint density at radius 1 is 1.58 bits per heavy atom. The average molecular weight is 264 g/mol. The minimum atomic E-state index is -0.886. The van der Waals surface area contributed by atoms with Gasteiger partial charge in [-0.25, -0.2) is 4.79 Å². The van der Waals surface area contributed by atoms with Crippen molar-refractivity contribution in [3.63, 3.8) is 0 Å². The second-order valence-electron chi connectivity index (χ2n) is 4.97. The van der Waals surface area contributed by atoms with Crippen LogP contribution in [0.25, 0.3) is 0 Å². The van der Waals surface area contributed by atoms with E-state index in [4.69, 9.17) is 5.11 Å². The molecule has 1 aromatic carbocycles. The number of aryl methyl sites for hydroxylation is 1. The molecule has 1 aliphatic carbocycles. The molecule has 0 heterocycles. The summed E-state index contributed by atoms with van der Waals surface area (Å²) in [5.74, 6) is -0.393. The number of carboxylic acid groups (broad SMARTS) is 1. The van der Waals surface area contributed by atoms with E-state index in [1.807, 2.05) is 0 Å². The summed E-state index contributed by atoms with van der Waals surface area (Å²) < 4.78 is 0. The fraction of sp³-hybridized carbons (Fsp3) is 0.462. The Kier molecular flexibility index (Phi) is 3.69. The quantitative estimate of drug-likeness (QED) is 0.608. The van der Waals surface area contributed by atoms with Crippen LogP contribution in [0.15, 0.2) is 18.2 Å². The maximum atomic E-state index is 11.2. The van der Waals surface area contributed by atoms with E-state index >= 15 is 0 Å². The SMILES string of the molecule is Cc1cc(NC(CC2CC2)C(=O)O)ccc1[N+](=O)[O-]. The van der Waals surface area contributed by atoms with Crippen LogP contribution in [0.3, 0.4) is 0 Å². The normalized spacial score (nSPS) is 15.8. The lowest BCUT2D eigenvalue weighted by molar-refractivity contribution is -0.385. The van der Waals surface area contributed by atoms with Crippen LogP contribution in [-0.2, 0) is 4.79 Å². The van der Waals surface area contributed by atoms with E-state index in [-0.39, 0.29) is 5.69 Å². The van der Waals surface area contributed by atoms with Gasteiger partial charge in [0.05, 0.1) is 4.92 Å². The molecule has 1 saturated carbocycles. The Morgan fingerprint density at radius 3 is 2.74 bits per heavy atom. The number of hydrogen-bond acceptors (Lipinski definition) is 4. The molecular weight excluding hydrogens is 248 g/mol. The smallest absolute Gasteiger partial charge is 0.326 e. The zero-order chi connectivity index (χ0) is 14.0. The third-order valence-electron chi connectivity index (χ3n) is 3.30. The highest BCUT2D eigenvalue weighted by Gasteiger charge is 2.29. The summed E-state index contributed by atoms with van der Waals surface area (Å²) in [6.07, 6.45) is 2.78. The number of nitro groups is 1. The maximum Gasteiger partial charge on any atom is 0.326 e. The molecule has 0 bridgehead atoms. The first-order chi connectivity index (χ1) is 8.97. The monoisotopic (exact) mass is 264 g/mol. The number of aliphatic carboxylic acids is 1. The summed E-state index contributed by atoms with van der Waals surface area (Å²) in [7, 11) is 0. The molecule has 6 heteroatoms. The van der Waals surface area contributed by atoms with Gasteiger partial charge in [0, 0.05) is 17.3 Å². The zero-order valence-electron chi connectivity index (χ0n) is 10.6. The van der Waals surface area contributed by atoms with Gasteiger partial charge in [0.15, 0.2) is 0 Å². The van der Waals surface area contributed by atoms with Gasteiger partial charge in [-0.05, 0) is 31.4 Å². The molecule has 19 heavy (non-hydrogen) atoms. The second-order valence-corrected chi connectivity index (χ2v) is 4.97. The van der Waals surface area contributed by atoms with Crippen LogP contribution in [-0.4, -0.2) is 22.0 Å². The molecule has 2 N–H and O–H groups in total. The number of carbonyl (C=O) groups is 1. The predicted octanol–water partition coefficient (Wildman–Crippen LogP) is 2.57. The molecule has 0 radical (unpaired) electrons. The number of nitrogens with zero attached hydrogens (tertiary/aromatic N) is 1. The van der Waals surface area contributed by atoms with Crippen molar-refractivity contribution in [1.29, 1.82) is 0 Å². The summed E-state index contributed by atoms with van der Waals surface area (Å²) in [5.41, 5.74) is 1.17. The van der Waals surface area contributed by atoms with E-state index in [9.17, 15) is 14.9 Å². The lowest BCUT2D eigenvalue weighted by Gasteiger charge is -2.15. The Balaban J connectivity index is 2.10. The molecule has 1 fully saturated rings. The molecule has 0 aliphatic heterocycles. The lowest BCUT2D eigenvalue weighted by atomic mass is 10.1. The third-order valence-corrected chi connectivity index (χ3v) is 3.30. The van der Waals surface area contributed by atoms with E-state index in [1.54, 1.807) is 19.1 Å². The molecule has 0 aromatic heterocycles. The van der Waals surface area contributed by atoms with Crippen LogP contribution in [0.4, 0.5) is 11.4 Å². The molecule has 0 saturated heterocycles. The van der Waals surface area contributed by atoms with Gasteiger partial charge in [-0.2, -0.15) is 0 Å². The Bertz CT molecular complexity index is 511. The topological polar surface area (TPSA) is 92.5 Å². The second kappa shape index (κ2) is 5.26. The lowest BCUT2D eigenvalue weighted by Crippen LogP contribution is -2.29. The fourth-order valence-corrected chi connectivity index (χ4v) is 2.06. The molecular formula is C13H16N2O4. The van der Waals surface area contributed by atoms with Gasteiger partial charge in [-0.1, -0.05) is 12.8 Å². The summed E-state index contributed by atoms with van der Waals surface area (Å²) >= 11 is 0. The largest absolute Gasteiger partial charge is 0.480 e. The summed E-state index contributed by atoms with van der Waals surface area (Å²) in [4.78, 5) is 21.4. The van der Waals surface area contributed by atoms with Gasteiger partial charge in [-0.3, -0.25) is 10.1 Å². The fourth-order valence-electron chi connectivity index (χ4n) is 2.06. The molecule has 1 atom stereocenters. The number of anilines is 1. The molecule has 102 valence electrons. The maximum absolute atomic E-state index is 11.2. The molecule has 2 rings (SSSR count). The minimum Gasteiger partial charge on any atom is -0.480 e. The number of rotatable bonds is 6. The van der Waals surface area contributed by atoms with Gasteiger partial charge >= 0.3 is 5.97 Å². The van der Waals surface area contributed by atoms with Crippen molar-refractivity contribution in [2.24, 2.45) is 5.92 Å². The highest BCUT2D eigenvalue weighted by molar-refractivity contribution is 5.77. The van der Waals surface area contributed by atoms with E-state index in [0.29, 0.717) is 23.6 Å². The van der Waals surface area contributed by atoms with Crippen LogP contribution >= 0.6 is 0 Å². The third kappa shape index (κ3) is 3.43. The average Bonchev–Trinajstić information content (AvgIpc) is 3.11. The molecule has 1 unspecified atom stereocenters. The van der Waals surface area contributed by atoms with Crippen LogP contribution in [0, 0.1) is 23.0 Å². The molecule has 6 nitrogen and oxygen atoms in total. The number of carboxylic acids is 1. The van der Waals surface area contributed by atoms with E-state index in [2.05, 4.69) is 5.32 Å². The minimum absolute atomic E-state index is 0.0413. The van der Waals surface area contributed by atoms with Gasteiger partial charge in [-0.15, -0.1) is 0 Å². The first-order valence-corrected chi connectivity index (χ1v) is 6.21. The Hall–Kier alpha value is -2.11. The van der Waals surface area contributed by atoms with Crippen molar-refractivity contribution in [1.82, 2.24) is 0 Å². The molecule has 1 aromatic rings. The molecule has 1 aliphatic rings. The summed E-state index contributed by atoms with van der Waals surface area (Å²) in [6.45, 7) is 1.64. The molecule has 0 amide bonds. The van der Waals surface area contributed by atoms with Gasteiger partial charge < -0.3 is 10.4 Å². The van der Waals surface area contributed by atoms with Gasteiger partial charge in [0.2, 0.25) is 0 Å². The van der Waals surface area contributed by atoms with Gasteiger partial charge in [0.25, 0.3) is 5.69 Å². The van der Waals surface area contributed by atoms with Gasteiger partial charge in [0.1, 0.15) is 6.04 Å². The van der Waals surface area contributed by atoms with E-state index < -0.39 is 16.9 Å². The predicted molar refractivity (Wildman–Crippen MR) is 70.2 cm³/mol. The number of benzene rings is 1. The van der Waals surface area contributed by atoms with E-state index in [0.717, 1.165) is 12.8 Å². The zero-order valence-corrected chi connectivity index (χ0v) is 10.6. The molecule has 0 spiro atoms. The van der Waals surface area contributed by atoms with Crippen molar-refractivity contribution < 1.29 is 14.8 Å². The highest BCUT2D eigenvalue weighted by Crippen LogP contribution is 2.34. The van der Waals surface area contributed by atoms with Crippen LogP contribution in [0.5, 0.6) is 0 Å². The van der Waals surface area contributed by atoms with Crippen LogP contribution in [0.1, 0.15) is 24.8 Å². The Morgan fingerprint density at radius 2 is 2.26 bits per heavy atom. The Labute approximate surface area is 110 Å².